The topological polar surface area (TPSA) is 66.6 Å². The third kappa shape index (κ3) is 2.87. The maximum absolute atomic E-state index is 11.0. The molecule has 3 N–H and O–H groups in total. The third-order valence-electron chi connectivity index (χ3n) is 2.35. The highest BCUT2D eigenvalue weighted by atomic mass is 16.4. The molecule has 4 nitrogen and oxygen atoms in total. The first-order valence-corrected chi connectivity index (χ1v) is 5.20. The van der Waals surface area contributed by atoms with Gasteiger partial charge in [0, 0.05) is 13.1 Å². The molecule has 1 aromatic rings. The second kappa shape index (κ2) is 5.75. The first kappa shape index (κ1) is 12.8. The standard InChI is InChI=1S/C13H16N2O2/c1-3-8-15(9-4-2)11-7-5-6-10(12(11)14)13(16)17/h3-7H,1-2,8-9,14H2,(H,16,17). The van der Waals surface area contributed by atoms with E-state index in [0.717, 1.165) is 0 Å². The monoisotopic (exact) mass is 232 g/mol. The number of carboxylic acid groups (broad SMARTS) is 1. The van der Waals surface area contributed by atoms with Crippen molar-refractivity contribution < 1.29 is 9.90 Å². The second-order valence-corrected chi connectivity index (χ2v) is 3.53. The number of anilines is 2. The molecule has 0 radical (unpaired) electrons. The minimum atomic E-state index is -1.03. The Bertz CT molecular complexity index is 431. The summed E-state index contributed by atoms with van der Waals surface area (Å²) in [6, 6.07) is 4.95. The van der Waals surface area contributed by atoms with Crippen molar-refractivity contribution in [3.63, 3.8) is 0 Å². The van der Waals surface area contributed by atoms with Gasteiger partial charge >= 0.3 is 5.97 Å². The van der Waals surface area contributed by atoms with Crippen LogP contribution in [0.4, 0.5) is 11.4 Å². The third-order valence-corrected chi connectivity index (χ3v) is 2.35. The van der Waals surface area contributed by atoms with Gasteiger partial charge in [-0.05, 0) is 12.1 Å². The molecule has 0 aromatic heterocycles. The maximum Gasteiger partial charge on any atom is 0.337 e. The second-order valence-electron chi connectivity index (χ2n) is 3.53. The van der Waals surface area contributed by atoms with E-state index in [1.165, 1.54) is 6.07 Å². The predicted molar refractivity (Wildman–Crippen MR) is 70.4 cm³/mol. The zero-order chi connectivity index (χ0) is 12.8. The number of hydrogen-bond acceptors (Lipinski definition) is 3. The summed E-state index contributed by atoms with van der Waals surface area (Å²) >= 11 is 0. The Hall–Kier alpha value is -2.23. The molecule has 1 rings (SSSR count). The number of rotatable bonds is 6. The summed E-state index contributed by atoms with van der Waals surface area (Å²) in [5.41, 5.74) is 6.92. The molecule has 0 unspecified atom stereocenters. The van der Waals surface area contributed by atoms with Gasteiger partial charge in [-0.25, -0.2) is 4.79 Å². The molecule has 0 aliphatic rings. The van der Waals surface area contributed by atoms with Gasteiger partial charge in [-0.2, -0.15) is 0 Å². The van der Waals surface area contributed by atoms with Crippen molar-refractivity contribution in [2.75, 3.05) is 23.7 Å². The van der Waals surface area contributed by atoms with Crippen LogP contribution >= 0.6 is 0 Å². The van der Waals surface area contributed by atoms with Crippen molar-refractivity contribution >= 4 is 17.3 Å². The summed E-state index contributed by atoms with van der Waals surface area (Å²) in [7, 11) is 0. The van der Waals surface area contributed by atoms with Gasteiger partial charge in [-0.1, -0.05) is 18.2 Å². The van der Waals surface area contributed by atoms with Gasteiger partial charge < -0.3 is 15.7 Å². The number of benzene rings is 1. The molecule has 0 saturated carbocycles. The molecule has 0 fully saturated rings. The Labute approximate surface area is 101 Å². The van der Waals surface area contributed by atoms with E-state index in [-0.39, 0.29) is 11.3 Å². The average Bonchev–Trinajstić information content (AvgIpc) is 2.29. The summed E-state index contributed by atoms with van der Waals surface area (Å²) < 4.78 is 0. The molecule has 4 heteroatoms. The van der Waals surface area contributed by atoms with E-state index in [4.69, 9.17) is 10.8 Å². The van der Waals surface area contributed by atoms with Crippen LogP contribution in [0.5, 0.6) is 0 Å². The fourth-order valence-electron chi connectivity index (χ4n) is 1.60. The van der Waals surface area contributed by atoms with E-state index >= 15 is 0 Å². The lowest BCUT2D eigenvalue weighted by molar-refractivity contribution is 0.0698. The van der Waals surface area contributed by atoms with E-state index in [9.17, 15) is 4.79 Å². The summed E-state index contributed by atoms with van der Waals surface area (Å²) in [4.78, 5) is 12.9. The predicted octanol–water partition coefficient (Wildman–Crippen LogP) is 2.15. The lowest BCUT2D eigenvalue weighted by atomic mass is 10.1. The molecule has 90 valence electrons. The Morgan fingerprint density at radius 3 is 2.41 bits per heavy atom. The Balaban J connectivity index is 3.18. The van der Waals surface area contributed by atoms with Gasteiger partial charge in [-0.3, -0.25) is 0 Å². The highest BCUT2D eigenvalue weighted by Gasteiger charge is 2.14. The molecule has 0 spiro atoms. The molecule has 0 amide bonds. The normalized spacial score (nSPS) is 9.65. The van der Waals surface area contributed by atoms with Crippen molar-refractivity contribution in [2.24, 2.45) is 0 Å². The number of nitrogens with two attached hydrogens (primary N) is 1. The van der Waals surface area contributed by atoms with Crippen LogP contribution in [-0.2, 0) is 0 Å². The zero-order valence-electron chi connectivity index (χ0n) is 9.60. The van der Waals surface area contributed by atoms with Crippen molar-refractivity contribution in [1.82, 2.24) is 0 Å². The number of aromatic carboxylic acids is 1. The molecule has 0 aliphatic carbocycles. The van der Waals surface area contributed by atoms with Crippen LogP contribution < -0.4 is 10.6 Å². The number of carboxylic acids is 1. The van der Waals surface area contributed by atoms with Crippen LogP contribution in [0.3, 0.4) is 0 Å². The number of hydrogen-bond donors (Lipinski definition) is 2. The summed E-state index contributed by atoms with van der Waals surface area (Å²) in [6.45, 7) is 8.49. The van der Waals surface area contributed by atoms with Crippen molar-refractivity contribution in [3.8, 4) is 0 Å². The summed E-state index contributed by atoms with van der Waals surface area (Å²) in [6.07, 6.45) is 3.47. The fourth-order valence-corrected chi connectivity index (χ4v) is 1.60. The first-order valence-electron chi connectivity index (χ1n) is 5.20. The van der Waals surface area contributed by atoms with Gasteiger partial charge in [0.2, 0.25) is 0 Å². The molecule has 0 bridgehead atoms. The molecule has 0 atom stereocenters. The number of carbonyl (C=O) groups is 1. The Kier molecular flexibility index (Phi) is 4.34. The summed E-state index contributed by atoms with van der Waals surface area (Å²) in [5, 5.41) is 8.99. The highest BCUT2D eigenvalue weighted by Crippen LogP contribution is 2.26. The largest absolute Gasteiger partial charge is 0.478 e. The zero-order valence-corrected chi connectivity index (χ0v) is 9.60. The van der Waals surface area contributed by atoms with Crippen LogP contribution in [0.15, 0.2) is 43.5 Å². The average molecular weight is 232 g/mol. The van der Waals surface area contributed by atoms with Crippen LogP contribution in [0, 0.1) is 0 Å². The summed E-state index contributed by atoms with van der Waals surface area (Å²) in [5.74, 6) is -1.03. The van der Waals surface area contributed by atoms with Gasteiger partial charge in [0.1, 0.15) is 0 Å². The molecule has 0 saturated heterocycles. The lowest BCUT2D eigenvalue weighted by Crippen LogP contribution is -2.24. The van der Waals surface area contributed by atoms with Crippen LogP contribution in [0.2, 0.25) is 0 Å². The SMILES string of the molecule is C=CCN(CC=C)c1cccc(C(=O)O)c1N. The number of nitrogen functional groups attached to an aromatic ring is 1. The van der Waals surface area contributed by atoms with Crippen LogP contribution in [-0.4, -0.2) is 24.2 Å². The minimum Gasteiger partial charge on any atom is -0.478 e. The molecule has 17 heavy (non-hydrogen) atoms. The first-order chi connectivity index (χ1) is 8.11. The lowest BCUT2D eigenvalue weighted by Gasteiger charge is -2.23. The van der Waals surface area contributed by atoms with Gasteiger partial charge in [0.05, 0.1) is 16.9 Å². The van der Waals surface area contributed by atoms with E-state index < -0.39 is 5.97 Å². The minimum absolute atomic E-state index is 0.112. The van der Waals surface area contributed by atoms with Crippen LogP contribution in [0.1, 0.15) is 10.4 Å². The van der Waals surface area contributed by atoms with Crippen molar-refractivity contribution in [1.29, 1.82) is 0 Å². The highest BCUT2D eigenvalue weighted by molar-refractivity contribution is 5.97. The quantitative estimate of drug-likeness (QED) is 0.582. The fraction of sp³-hybridized carbons (Fsp3) is 0.154. The smallest absolute Gasteiger partial charge is 0.337 e. The Morgan fingerprint density at radius 1 is 1.35 bits per heavy atom. The maximum atomic E-state index is 11.0. The number of para-hydroxylation sites is 1. The molecule has 0 aliphatic heterocycles. The number of nitrogens with zero attached hydrogens (tertiary/aromatic N) is 1. The van der Waals surface area contributed by atoms with Gasteiger partial charge in [0.15, 0.2) is 0 Å². The van der Waals surface area contributed by atoms with E-state index in [1.54, 1.807) is 24.3 Å². The molecular weight excluding hydrogens is 216 g/mol. The van der Waals surface area contributed by atoms with Crippen LogP contribution in [0.25, 0.3) is 0 Å². The molecule has 0 heterocycles. The van der Waals surface area contributed by atoms with Crippen molar-refractivity contribution in [3.05, 3.63) is 49.1 Å². The van der Waals surface area contributed by atoms with E-state index in [0.29, 0.717) is 18.8 Å². The molecular formula is C13H16N2O2. The van der Waals surface area contributed by atoms with Gasteiger partial charge in [-0.15, -0.1) is 13.2 Å². The van der Waals surface area contributed by atoms with E-state index in [2.05, 4.69) is 13.2 Å². The van der Waals surface area contributed by atoms with E-state index in [1.807, 2.05) is 4.90 Å². The molecule has 1 aromatic carbocycles. The van der Waals surface area contributed by atoms with Gasteiger partial charge in [0.25, 0.3) is 0 Å². The van der Waals surface area contributed by atoms with Crippen molar-refractivity contribution in [2.45, 2.75) is 0 Å². The Morgan fingerprint density at radius 2 is 1.94 bits per heavy atom.